The van der Waals surface area contributed by atoms with E-state index in [9.17, 15) is 9.90 Å². The smallest absolute Gasteiger partial charge is 0.306 e. The summed E-state index contributed by atoms with van der Waals surface area (Å²) in [6, 6.07) is 31.5. The third kappa shape index (κ3) is 8.83. The van der Waals surface area contributed by atoms with Crippen molar-refractivity contribution in [2.24, 2.45) is 5.92 Å². The van der Waals surface area contributed by atoms with Gasteiger partial charge in [0.1, 0.15) is 19.0 Å². The lowest BCUT2D eigenvalue weighted by Crippen LogP contribution is -2.17. The minimum Gasteiger partial charge on any atom is -0.491 e. The average Bonchev–Trinajstić information content (AvgIpc) is 2.98. The summed E-state index contributed by atoms with van der Waals surface area (Å²) in [5, 5.41) is 9.67. The predicted octanol–water partition coefficient (Wildman–Crippen LogP) is 6.59. The van der Waals surface area contributed by atoms with Crippen molar-refractivity contribution in [1.82, 2.24) is 10.5 Å². The van der Waals surface area contributed by atoms with Gasteiger partial charge in [0, 0.05) is 11.8 Å². The second-order valence-electron chi connectivity index (χ2n) is 9.33. The van der Waals surface area contributed by atoms with Crippen LogP contribution in [0.5, 0.6) is 5.75 Å². The summed E-state index contributed by atoms with van der Waals surface area (Å²) < 4.78 is 5.76. The zero-order valence-electron chi connectivity index (χ0n) is 22.0. The largest absolute Gasteiger partial charge is 0.491 e. The molecule has 3 aromatic carbocycles. The Balaban J connectivity index is 1.15. The molecule has 0 aliphatic heterocycles. The van der Waals surface area contributed by atoms with E-state index in [1.165, 1.54) is 5.56 Å². The fraction of sp³-hybridized carbons (Fsp3) is 0.212. The van der Waals surface area contributed by atoms with E-state index in [1.54, 1.807) is 6.20 Å². The summed E-state index contributed by atoms with van der Waals surface area (Å²) in [5.74, 6) is -0.444. The molecule has 2 N–H and O–H groups in total. The Kier molecular flexibility index (Phi) is 10.3. The number of hydrogen-bond acceptors (Lipinski definition) is 5. The summed E-state index contributed by atoms with van der Waals surface area (Å²) in [5.41, 5.74) is 8.62. The molecule has 1 atom stereocenters. The minimum atomic E-state index is -0.751. The van der Waals surface area contributed by atoms with Gasteiger partial charge >= 0.3 is 5.97 Å². The van der Waals surface area contributed by atoms with Crippen LogP contribution < -0.4 is 10.2 Å². The van der Waals surface area contributed by atoms with Crippen LogP contribution in [-0.4, -0.2) is 29.3 Å². The van der Waals surface area contributed by atoms with E-state index in [0.717, 1.165) is 35.2 Å². The highest BCUT2D eigenvalue weighted by molar-refractivity contribution is 5.70. The van der Waals surface area contributed by atoms with Crippen molar-refractivity contribution in [3.05, 3.63) is 127 Å². The van der Waals surface area contributed by atoms with E-state index in [1.807, 2.05) is 84.9 Å². The SMILES string of the molecule is C=C(NOCCOc1ccc(CC(CCCc2ccccc2)C(=O)O)cc1)c1ccc(-c2ccccn2)cc1. The molecule has 4 aromatic rings. The molecule has 1 aromatic heterocycles. The van der Waals surface area contributed by atoms with Gasteiger partial charge in [-0.25, -0.2) is 0 Å². The molecule has 6 heteroatoms. The van der Waals surface area contributed by atoms with E-state index in [0.29, 0.717) is 37.5 Å². The van der Waals surface area contributed by atoms with E-state index in [2.05, 4.69) is 29.2 Å². The first-order valence-corrected chi connectivity index (χ1v) is 13.2. The monoisotopic (exact) mass is 522 g/mol. The molecular weight excluding hydrogens is 488 g/mol. The molecule has 0 amide bonds. The Bertz CT molecular complexity index is 1310. The lowest BCUT2D eigenvalue weighted by Gasteiger charge is -2.13. The fourth-order valence-corrected chi connectivity index (χ4v) is 4.29. The first kappa shape index (κ1) is 27.6. The van der Waals surface area contributed by atoms with Gasteiger partial charge in [-0.3, -0.25) is 20.1 Å². The lowest BCUT2D eigenvalue weighted by molar-refractivity contribution is -0.142. The highest BCUT2D eigenvalue weighted by Crippen LogP contribution is 2.21. The molecule has 0 saturated heterocycles. The summed E-state index contributed by atoms with van der Waals surface area (Å²) in [6.07, 6.45) is 4.66. The highest BCUT2D eigenvalue weighted by atomic mass is 16.7. The first-order valence-electron chi connectivity index (χ1n) is 13.2. The number of hydrogen-bond donors (Lipinski definition) is 2. The number of carboxylic acids is 1. The van der Waals surface area contributed by atoms with Gasteiger partial charge in [0.15, 0.2) is 0 Å². The van der Waals surface area contributed by atoms with Gasteiger partial charge < -0.3 is 9.84 Å². The van der Waals surface area contributed by atoms with Gasteiger partial charge in [-0.2, -0.15) is 0 Å². The quantitative estimate of drug-likeness (QED) is 0.136. The topological polar surface area (TPSA) is 80.7 Å². The number of hydroxylamine groups is 1. The van der Waals surface area contributed by atoms with Crippen LogP contribution >= 0.6 is 0 Å². The average molecular weight is 523 g/mol. The first-order chi connectivity index (χ1) is 19.1. The number of rotatable bonds is 15. The molecule has 0 aliphatic carbocycles. The Morgan fingerprint density at radius 2 is 1.62 bits per heavy atom. The number of carboxylic acid groups (broad SMARTS) is 1. The van der Waals surface area contributed by atoms with Crippen LogP contribution in [0.2, 0.25) is 0 Å². The van der Waals surface area contributed by atoms with Gasteiger partial charge in [-0.15, -0.1) is 0 Å². The summed E-state index contributed by atoms with van der Waals surface area (Å²) in [4.78, 5) is 21.6. The molecule has 200 valence electrons. The number of nitrogens with zero attached hydrogens (tertiary/aromatic N) is 1. The van der Waals surface area contributed by atoms with Crippen molar-refractivity contribution < 1.29 is 19.5 Å². The Morgan fingerprint density at radius 3 is 2.31 bits per heavy atom. The van der Waals surface area contributed by atoms with Crippen molar-refractivity contribution in [3.8, 4) is 17.0 Å². The van der Waals surface area contributed by atoms with E-state index in [-0.39, 0.29) is 0 Å². The molecule has 0 aliphatic rings. The number of ether oxygens (including phenoxy) is 1. The van der Waals surface area contributed by atoms with E-state index in [4.69, 9.17) is 9.57 Å². The maximum absolute atomic E-state index is 11.8. The number of aryl methyl sites for hydroxylation is 1. The molecule has 0 fully saturated rings. The van der Waals surface area contributed by atoms with E-state index >= 15 is 0 Å². The summed E-state index contributed by atoms with van der Waals surface area (Å²) in [7, 11) is 0. The van der Waals surface area contributed by atoms with Crippen LogP contribution in [0, 0.1) is 5.92 Å². The number of benzene rings is 3. The van der Waals surface area contributed by atoms with Crippen molar-refractivity contribution in [2.45, 2.75) is 25.7 Å². The second kappa shape index (κ2) is 14.5. The van der Waals surface area contributed by atoms with Crippen LogP contribution in [-0.2, 0) is 22.5 Å². The number of carbonyl (C=O) groups is 1. The molecule has 1 unspecified atom stereocenters. The Hall–Kier alpha value is -4.42. The van der Waals surface area contributed by atoms with Gasteiger partial charge in [0.2, 0.25) is 0 Å². The van der Waals surface area contributed by atoms with Gasteiger partial charge in [0.05, 0.1) is 17.3 Å². The third-order valence-corrected chi connectivity index (χ3v) is 6.46. The number of aliphatic carboxylic acids is 1. The van der Waals surface area contributed by atoms with E-state index < -0.39 is 11.9 Å². The van der Waals surface area contributed by atoms with Crippen molar-refractivity contribution in [3.63, 3.8) is 0 Å². The molecule has 4 rings (SSSR count). The Labute approximate surface area is 229 Å². The van der Waals surface area contributed by atoms with Crippen LogP contribution in [0.25, 0.3) is 17.0 Å². The number of nitrogens with one attached hydrogen (secondary N) is 1. The maximum Gasteiger partial charge on any atom is 0.306 e. The van der Waals surface area contributed by atoms with Gasteiger partial charge in [-0.1, -0.05) is 79.4 Å². The van der Waals surface area contributed by atoms with Crippen LogP contribution in [0.15, 0.2) is 110 Å². The third-order valence-electron chi connectivity index (χ3n) is 6.46. The number of aromatic nitrogens is 1. The molecule has 0 spiro atoms. The maximum atomic E-state index is 11.8. The standard InChI is InChI=1S/C33H34N2O4/c1-25(28-15-17-29(18-16-28)32-12-5-6-21-34-32)35-39-23-22-38-31-19-13-27(14-20-31)24-30(33(36)37)11-7-10-26-8-3-2-4-9-26/h2-6,8-9,12-21,30,35H,1,7,10-11,22-24H2,(H,36,37). The van der Waals surface area contributed by atoms with Gasteiger partial charge in [0.25, 0.3) is 0 Å². The Morgan fingerprint density at radius 1 is 0.872 bits per heavy atom. The molecule has 6 nitrogen and oxygen atoms in total. The predicted molar refractivity (Wildman–Crippen MR) is 154 cm³/mol. The van der Waals surface area contributed by atoms with Crippen LogP contribution in [0.3, 0.4) is 0 Å². The molecule has 1 heterocycles. The minimum absolute atomic E-state index is 0.329. The zero-order valence-corrected chi connectivity index (χ0v) is 22.0. The zero-order chi connectivity index (χ0) is 27.3. The summed E-state index contributed by atoms with van der Waals surface area (Å²) in [6.45, 7) is 4.71. The molecule has 0 bridgehead atoms. The fourth-order valence-electron chi connectivity index (χ4n) is 4.29. The number of pyridine rings is 1. The second-order valence-corrected chi connectivity index (χ2v) is 9.33. The lowest BCUT2D eigenvalue weighted by atomic mass is 9.93. The summed E-state index contributed by atoms with van der Waals surface area (Å²) >= 11 is 0. The van der Waals surface area contributed by atoms with Crippen molar-refractivity contribution in [2.75, 3.05) is 13.2 Å². The molecule has 0 saturated carbocycles. The molecule has 0 radical (unpaired) electrons. The van der Waals surface area contributed by atoms with Crippen molar-refractivity contribution >= 4 is 11.7 Å². The molecular formula is C33H34N2O4. The van der Waals surface area contributed by atoms with Crippen LogP contribution in [0.1, 0.15) is 29.5 Å². The normalized spacial score (nSPS) is 11.5. The van der Waals surface area contributed by atoms with Crippen LogP contribution in [0.4, 0.5) is 0 Å². The molecule has 39 heavy (non-hydrogen) atoms. The van der Waals surface area contributed by atoms with Gasteiger partial charge in [-0.05, 0) is 66.6 Å². The highest BCUT2D eigenvalue weighted by Gasteiger charge is 2.17. The van der Waals surface area contributed by atoms with Crippen molar-refractivity contribution in [1.29, 1.82) is 0 Å².